The van der Waals surface area contributed by atoms with Gasteiger partial charge in [-0.3, -0.25) is 0 Å². The number of aromatic nitrogens is 2. The van der Waals surface area contributed by atoms with E-state index in [1.54, 1.807) is 0 Å². The van der Waals surface area contributed by atoms with Gasteiger partial charge in [-0.2, -0.15) is 0 Å². The highest BCUT2D eigenvalue weighted by Gasteiger charge is 2.20. The molecule has 16 heavy (non-hydrogen) atoms. The molecule has 0 N–H and O–H groups in total. The summed E-state index contributed by atoms with van der Waals surface area (Å²) in [6, 6.07) is 10.3. The normalized spacial score (nSPS) is 11.8. The second kappa shape index (κ2) is 3.78. The summed E-state index contributed by atoms with van der Waals surface area (Å²) in [5.41, 5.74) is 2.31. The van der Waals surface area contributed by atoms with Crippen LogP contribution in [0.1, 0.15) is 26.6 Å². The molecule has 0 aliphatic carbocycles. The molecule has 0 saturated heterocycles. The molecule has 1 aromatic heterocycles. The number of benzene rings is 1. The largest absolute Gasteiger partial charge is 0.337 e. The van der Waals surface area contributed by atoms with Crippen LogP contribution in [0.4, 0.5) is 0 Å². The molecule has 0 amide bonds. The van der Waals surface area contributed by atoms with Gasteiger partial charge >= 0.3 is 0 Å². The van der Waals surface area contributed by atoms with Crippen LogP contribution in [0.15, 0.2) is 36.5 Å². The Labute approximate surface area is 97.0 Å². The molecule has 0 radical (unpaired) electrons. The predicted octanol–water partition coefficient (Wildman–Crippen LogP) is 3.38. The van der Waals surface area contributed by atoms with Crippen LogP contribution in [0.5, 0.6) is 0 Å². The maximum absolute atomic E-state index is 4.71. The fourth-order valence-electron chi connectivity index (χ4n) is 1.91. The van der Waals surface area contributed by atoms with Crippen LogP contribution in [0, 0.1) is 0 Å². The highest BCUT2D eigenvalue weighted by Crippen LogP contribution is 2.25. The standard InChI is InChI=1S/C14H18N2/c1-14(2,3)13-15-12(10-16(13)4)11-8-6-5-7-9-11/h5-10H,1-4H3. The Balaban J connectivity index is 2.47. The third-order valence-corrected chi connectivity index (χ3v) is 2.62. The second-order valence-electron chi connectivity index (χ2n) is 5.18. The average molecular weight is 214 g/mol. The summed E-state index contributed by atoms with van der Waals surface area (Å²) < 4.78 is 2.11. The maximum Gasteiger partial charge on any atom is 0.114 e. The second-order valence-corrected chi connectivity index (χ2v) is 5.18. The van der Waals surface area contributed by atoms with Crippen LogP contribution < -0.4 is 0 Å². The van der Waals surface area contributed by atoms with Crippen molar-refractivity contribution in [2.45, 2.75) is 26.2 Å². The zero-order valence-electron chi connectivity index (χ0n) is 10.4. The molecule has 0 saturated carbocycles. The molecule has 0 unspecified atom stereocenters. The summed E-state index contributed by atoms with van der Waals surface area (Å²) in [5.74, 6) is 1.12. The topological polar surface area (TPSA) is 17.8 Å². The van der Waals surface area contributed by atoms with Gasteiger partial charge in [0, 0.05) is 24.2 Å². The van der Waals surface area contributed by atoms with Crippen molar-refractivity contribution in [1.82, 2.24) is 9.55 Å². The van der Waals surface area contributed by atoms with E-state index >= 15 is 0 Å². The SMILES string of the molecule is Cn1cc(-c2ccccc2)nc1C(C)(C)C. The molecule has 0 spiro atoms. The zero-order valence-corrected chi connectivity index (χ0v) is 10.4. The lowest BCUT2D eigenvalue weighted by Gasteiger charge is -2.17. The van der Waals surface area contributed by atoms with Gasteiger partial charge in [-0.15, -0.1) is 0 Å². The van der Waals surface area contributed by atoms with E-state index < -0.39 is 0 Å². The third kappa shape index (κ3) is 2.01. The van der Waals surface area contributed by atoms with E-state index in [9.17, 15) is 0 Å². The van der Waals surface area contributed by atoms with E-state index in [-0.39, 0.29) is 5.41 Å². The summed E-state index contributed by atoms with van der Waals surface area (Å²) in [6.07, 6.45) is 2.09. The van der Waals surface area contributed by atoms with Crippen LogP contribution >= 0.6 is 0 Å². The Bertz CT molecular complexity index is 475. The summed E-state index contributed by atoms with van der Waals surface area (Å²) in [5, 5.41) is 0. The Hall–Kier alpha value is -1.57. The first kappa shape index (κ1) is 10.9. The van der Waals surface area contributed by atoms with E-state index in [1.165, 1.54) is 5.56 Å². The lowest BCUT2D eigenvalue weighted by atomic mass is 9.96. The van der Waals surface area contributed by atoms with Crippen molar-refractivity contribution >= 4 is 0 Å². The minimum atomic E-state index is 0.0851. The molecule has 1 aromatic carbocycles. The van der Waals surface area contributed by atoms with Crippen molar-refractivity contribution in [2.75, 3.05) is 0 Å². The number of aryl methyl sites for hydroxylation is 1. The molecular weight excluding hydrogens is 196 g/mol. The quantitative estimate of drug-likeness (QED) is 0.711. The molecule has 2 aromatic rings. The summed E-state index contributed by atoms with van der Waals surface area (Å²) in [6.45, 7) is 6.55. The molecular formula is C14H18N2. The Morgan fingerprint density at radius 3 is 2.19 bits per heavy atom. The van der Waals surface area contributed by atoms with Crippen LogP contribution in [0.3, 0.4) is 0 Å². The molecule has 1 heterocycles. The van der Waals surface area contributed by atoms with Crippen molar-refractivity contribution in [1.29, 1.82) is 0 Å². The number of imidazole rings is 1. The molecule has 0 fully saturated rings. The highest BCUT2D eigenvalue weighted by molar-refractivity contribution is 5.58. The molecule has 0 bridgehead atoms. The van der Waals surface area contributed by atoms with E-state index in [0.717, 1.165) is 11.5 Å². The maximum atomic E-state index is 4.71. The molecule has 0 aliphatic rings. The van der Waals surface area contributed by atoms with Crippen molar-refractivity contribution in [3.05, 3.63) is 42.4 Å². The molecule has 84 valence electrons. The van der Waals surface area contributed by atoms with Gasteiger partial charge in [0.05, 0.1) is 5.69 Å². The molecule has 0 atom stereocenters. The molecule has 0 aliphatic heterocycles. The van der Waals surface area contributed by atoms with Gasteiger partial charge in [-0.05, 0) is 0 Å². The number of rotatable bonds is 1. The summed E-state index contributed by atoms with van der Waals surface area (Å²) in [7, 11) is 2.06. The van der Waals surface area contributed by atoms with Crippen LogP contribution in [-0.4, -0.2) is 9.55 Å². The molecule has 2 rings (SSSR count). The fourth-order valence-corrected chi connectivity index (χ4v) is 1.91. The van der Waals surface area contributed by atoms with E-state index in [2.05, 4.69) is 50.7 Å². The van der Waals surface area contributed by atoms with Crippen LogP contribution in [-0.2, 0) is 12.5 Å². The van der Waals surface area contributed by atoms with E-state index in [1.807, 2.05) is 18.2 Å². The highest BCUT2D eigenvalue weighted by atomic mass is 15.1. The predicted molar refractivity (Wildman–Crippen MR) is 67.3 cm³/mol. The Morgan fingerprint density at radius 2 is 1.69 bits per heavy atom. The van der Waals surface area contributed by atoms with E-state index in [0.29, 0.717) is 0 Å². The Morgan fingerprint density at radius 1 is 1.06 bits per heavy atom. The Kier molecular flexibility index (Phi) is 2.58. The first-order valence-electron chi connectivity index (χ1n) is 5.58. The van der Waals surface area contributed by atoms with Crippen molar-refractivity contribution in [2.24, 2.45) is 7.05 Å². The first-order valence-corrected chi connectivity index (χ1v) is 5.58. The number of hydrogen-bond acceptors (Lipinski definition) is 1. The van der Waals surface area contributed by atoms with Crippen molar-refractivity contribution in [3.8, 4) is 11.3 Å². The van der Waals surface area contributed by atoms with E-state index in [4.69, 9.17) is 4.98 Å². The fraction of sp³-hybridized carbons (Fsp3) is 0.357. The smallest absolute Gasteiger partial charge is 0.114 e. The molecule has 2 heteroatoms. The number of hydrogen-bond donors (Lipinski definition) is 0. The summed E-state index contributed by atoms with van der Waals surface area (Å²) >= 11 is 0. The molecule has 2 nitrogen and oxygen atoms in total. The lowest BCUT2D eigenvalue weighted by molar-refractivity contribution is 0.523. The van der Waals surface area contributed by atoms with Crippen LogP contribution in [0.25, 0.3) is 11.3 Å². The minimum Gasteiger partial charge on any atom is -0.337 e. The zero-order chi connectivity index (χ0) is 11.8. The number of nitrogens with zero attached hydrogens (tertiary/aromatic N) is 2. The van der Waals surface area contributed by atoms with Gasteiger partial charge in [0.25, 0.3) is 0 Å². The van der Waals surface area contributed by atoms with Crippen LogP contribution in [0.2, 0.25) is 0 Å². The summed E-state index contributed by atoms with van der Waals surface area (Å²) in [4.78, 5) is 4.71. The van der Waals surface area contributed by atoms with Gasteiger partial charge in [0.15, 0.2) is 0 Å². The lowest BCUT2D eigenvalue weighted by Crippen LogP contribution is -2.17. The van der Waals surface area contributed by atoms with Gasteiger partial charge in [0.1, 0.15) is 5.82 Å². The van der Waals surface area contributed by atoms with Gasteiger partial charge in [-0.25, -0.2) is 4.98 Å². The van der Waals surface area contributed by atoms with Gasteiger partial charge < -0.3 is 4.57 Å². The van der Waals surface area contributed by atoms with Gasteiger partial charge in [0.2, 0.25) is 0 Å². The first-order chi connectivity index (χ1) is 7.48. The van der Waals surface area contributed by atoms with Gasteiger partial charge in [-0.1, -0.05) is 51.1 Å². The van der Waals surface area contributed by atoms with Crippen molar-refractivity contribution < 1.29 is 0 Å². The minimum absolute atomic E-state index is 0.0851. The monoisotopic (exact) mass is 214 g/mol. The third-order valence-electron chi connectivity index (χ3n) is 2.62. The average Bonchev–Trinajstić information content (AvgIpc) is 2.61. The van der Waals surface area contributed by atoms with Crippen molar-refractivity contribution in [3.63, 3.8) is 0 Å².